The van der Waals surface area contributed by atoms with Crippen LogP contribution in [0.5, 0.6) is 0 Å². The number of likely N-dealkylation sites (tertiary alicyclic amines) is 1. The second-order valence-corrected chi connectivity index (χ2v) is 5.94. The summed E-state index contributed by atoms with van der Waals surface area (Å²) in [6.45, 7) is 5.83. The fourth-order valence-corrected chi connectivity index (χ4v) is 2.99. The Morgan fingerprint density at radius 3 is 2.81 bits per heavy atom. The molecule has 0 aliphatic carbocycles. The molecule has 0 saturated carbocycles. The van der Waals surface area contributed by atoms with Crippen molar-refractivity contribution in [3.8, 4) is 0 Å². The van der Waals surface area contributed by atoms with Gasteiger partial charge in [0.15, 0.2) is 0 Å². The molecule has 1 aromatic heterocycles. The third kappa shape index (κ3) is 3.47. The van der Waals surface area contributed by atoms with E-state index in [9.17, 15) is 4.79 Å². The lowest BCUT2D eigenvalue weighted by atomic mass is 10.1. The van der Waals surface area contributed by atoms with Crippen molar-refractivity contribution >= 4 is 5.91 Å². The maximum atomic E-state index is 12.4. The van der Waals surface area contributed by atoms with Gasteiger partial charge in [0.05, 0.1) is 31.1 Å². The summed E-state index contributed by atoms with van der Waals surface area (Å²) in [6.07, 6.45) is 4.78. The van der Waals surface area contributed by atoms with Crippen LogP contribution in [0.4, 0.5) is 0 Å². The molecule has 2 saturated heterocycles. The molecule has 0 spiro atoms. The number of furan rings is 1. The monoisotopic (exact) mass is 293 g/mol. The lowest BCUT2D eigenvalue weighted by Gasteiger charge is -2.32. The molecule has 1 amide bonds. The number of hydrogen-bond donors (Lipinski definition) is 0. The average molecular weight is 293 g/mol. The first-order valence-electron chi connectivity index (χ1n) is 7.76. The van der Waals surface area contributed by atoms with Gasteiger partial charge in [0.2, 0.25) is 0 Å². The van der Waals surface area contributed by atoms with Gasteiger partial charge in [0.1, 0.15) is 5.76 Å². The van der Waals surface area contributed by atoms with Crippen LogP contribution in [0.1, 0.15) is 35.4 Å². The molecule has 2 aliphatic heterocycles. The predicted molar refractivity (Wildman–Crippen MR) is 77.2 cm³/mol. The van der Waals surface area contributed by atoms with Crippen LogP contribution in [0, 0.1) is 12.8 Å². The summed E-state index contributed by atoms with van der Waals surface area (Å²) in [6, 6.07) is 1.75. The van der Waals surface area contributed by atoms with Gasteiger partial charge in [0, 0.05) is 25.6 Å². The van der Waals surface area contributed by atoms with E-state index in [1.807, 2.05) is 11.8 Å². The minimum atomic E-state index is 0.0730. The lowest BCUT2D eigenvalue weighted by Crippen LogP contribution is -2.41. The quantitative estimate of drug-likeness (QED) is 0.854. The fourth-order valence-electron chi connectivity index (χ4n) is 2.99. The van der Waals surface area contributed by atoms with Gasteiger partial charge in [-0.15, -0.1) is 0 Å². The van der Waals surface area contributed by atoms with Crippen molar-refractivity contribution in [1.82, 2.24) is 4.90 Å². The molecule has 2 fully saturated rings. The molecule has 5 heteroatoms. The zero-order valence-electron chi connectivity index (χ0n) is 12.5. The number of hydrogen-bond acceptors (Lipinski definition) is 4. The second-order valence-electron chi connectivity index (χ2n) is 5.94. The van der Waals surface area contributed by atoms with Gasteiger partial charge < -0.3 is 18.8 Å². The standard InChI is InChI=1S/C16H23NO4/c1-12-15(5-9-20-12)16(18)17-6-2-14(3-7-17)21-11-13-4-8-19-10-13/h5,9,13-14H,2-4,6-8,10-11H2,1H3/t13-/m0/s1. The minimum Gasteiger partial charge on any atom is -0.469 e. The van der Waals surface area contributed by atoms with E-state index in [0.29, 0.717) is 17.2 Å². The Balaban J connectivity index is 1.44. The van der Waals surface area contributed by atoms with Gasteiger partial charge in [-0.1, -0.05) is 0 Å². The second kappa shape index (κ2) is 6.62. The summed E-state index contributed by atoms with van der Waals surface area (Å²) in [4.78, 5) is 14.3. The molecule has 2 aliphatic rings. The van der Waals surface area contributed by atoms with Crippen molar-refractivity contribution in [3.05, 3.63) is 23.7 Å². The highest BCUT2D eigenvalue weighted by Gasteiger charge is 2.26. The summed E-state index contributed by atoms with van der Waals surface area (Å²) in [5, 5.41) is 0. The van der Waals surface area contributed by atoms with Crippen molar-refractivity contribution in [3.63, 3.8) is 0 Å². The smallest absolute Gasteiger partial charge is 0.257 e. The van der Waals surface area contributed by atoms with E-state index >= 15 is 0 Å². The number of carbonyl (C=O) groups excluding carboxylic acids is 1. The first-order valence-corrected chi connectivity index (χ1v) is 7.76. The number of piperidine rings is 1. The molecule has 3 heterocycles. The SMILES string of the molecule is Cc1occc1C(=O)N1CCC(OC[C@H]2CCOC2)CC1. The zero-order chi connectivity index (χ0) is 14.7. The van der Waals surface area contributed by atoms with Crippen molar-refractivity contribution in [1.29, 1.82) is 0 Å². The molecule has 0 aromatic carbocycles. The Morgan fingerprint density at radius 2 is 2.19 bits per heavy atom. The number of ether oxygens (including phenoxy) is 2. The van der Waals surface area contributed by atoms with E-state index in [1.165, 1.54) is 0 Å². The van der Waals surface area contributed by atoms with E-state index in [0.717, 1.165) is 52.2 Å². The topological polar surface area (TPSA) is 51.9 Å². The molecular formula is C16H23NO4. The Bertz CT molecular complexity index is 470. The molecule has 1 atom stereocenters. The third-order valence-electron chi connectivity index (χ3n) is 4.41. The molecule has 5 nitrogen and oxygen atoms in total. The van der Waals surface area contributed by atoms with Crippen molar-refractivity contribution in [2.45, 2.75) is 32.3 Å². The van der Waals surface area contributed by atoms with Crippen LogP contribution in [0.15, 0.2) is 16.7 Å². The number of nitrogens with zero attached hydrogens (tertiary/aromatic N) is 1. The first kappa shape index (κ1) is 14.6. The Kier molecular flexibility index (Phi) is 4.60. The Labute approximate surface area is 125 Å². The van der Waals surface area contributed by atoms with Crippen LogP contribution in [0.3, 0.4) is 0 Å². The molecule has 0 radical (unpaired) electrons. The number of rotatable bonds is 4. The lowest BCUT2D eigenvalue weighted by molar-refractivity contribution is -0.00796. The van der Waals surface area contributed by atoms with Gasteiger partial charge in [0.25, 0.3) is 5.91 Å². The third-order valence-corrected chi connectivity index (χ3v) is 4.41. The van der Waals surface area contributed by atoms with E-state index in [-0.39, 0.29) is 12.0 Å². The maximum Gasteiger partial charge on any atom is 0.257 e. The van der Waals surface area contributed by atoms with Crippen LogP contribution in [0.2, 0.25) is 0 Å². The van der Waals surface area contributed by atoms with Crippen LogP contribution in [0.25, 0.3) is 0 Å². The average Bonchev–Trinajstić information content (AvgIpc) is 3.16. The summed E-state index contributed by atoms with van der Waals surface area (Å²) < 4.78 is 16.5. The number of carbonyl (C=O) groups is 1. The number of amides is 1. The maximum absolute atomic E-state index is 12.4. The van der Waals surface area contributed by atoms with E-state index in [1.54, 1.807) is 12.3 Å². The van der Waals surface area contributed by atoms with Gasteiger partial charge in [-0.25, -0.2) is 0 Å². The first-order chi connectivity index (χ1) is 10.2. The molecule has 21 heavy (non-hydrogen) atoms. The highest BCUT2D eigenvalue weighted by Crippen LogP contribution is 2.20. The van der Waals surface area contributed by atoms with Crippen LogP contribution < -0.4 is 0 Å². The van der Waals surface area contributed by atoms with E-state index in [4.69, 9.17) is 13.9 Å². The number of aryl methyl sites for hydroxylation is 1. The van der Waals surface area contributed by atoms with E-state index in [2.05, 4.69) is 0 Å². The Morgan fingerprint density at radius 1 is 1.38 bits per heavy atom. The van der Waals surface area contributed by atoms with Gasteiger partial charge in [-0.05, 0) is 32.3 Å². The zero-order valence-corrected chi connectivity index (χ0v) is 12.5. The largest absolute Gasteiger partial charge is 0.469 e. The molecule has 0 N–H and O–H groups in total. The minimum absolute atomic E-state index is 0.0730. The predicted octanol–water partition coefficient (Wildman–Crippen LogP) is 2.25. The molecule has 0 bridgehead atoms. The Hall–Kier alpha value is -1.33. The van der Waals surface area contributed by atoms with Crippen LogP contribution in [-0.4, -0.2) is 49.8 Å². The van der Waals surface area contributed by atoms with Gasteiger partial charge >= 0.3 is 0 Å². The van der Waals surface area contributed by atoms with Crippen molar-refractivity contribution in [2.75, 3.05) is 32.9 Å². The van der Waals surface area contributed by atoms with Crippen molar-refractivity contribution < 1.29 is 18.7 Å². The highest BCUT2D eigenvalue weighted by atomic mass is 16.5. The summed E-state index contributed by atoms with van der Waals surface area (Å²) in [7, 11) is 0. The summed E-state index contributed by atoms with van der Waals surface area (Å²) in [5.41, 5.74) is 0.678. The molecule has 0 unspecified atom stereocenters. The van der Waals surface area contributed by atoms with Crippen molar-refractivity contribution in [2.24, 2.45) is 5.92 Å². The molecule has 116 valence electrons. The molecule has 1 aromatic rings. The molecular weight excluding hydrogens is 270 g/mol. The highest BCUT2D eigenvalue weighted by molar-refractivity contribution is 5.95. The fraction of sp³-hybridized carbons (Fsp3) is 0.688. The van der Waals surface area contributed by atoms with Gasteiger partial charge in [-0.3, -0.25) is 4.79 Å². The summed E-state index contributed by atoms with van der Waals surface area (Å²) >= 11 is 0. The van der Waals surface area contributed by atoms with E-state index < -0.39 is 0 Å². The summed E-state index contributed by atoms with van der Waals surface area (Å²) in [5.74, 6) is 1.32. The van der Waals surface area contributed by atoms with Gasteiger partial charge in [-0.2, -0.15) is 0 Å². The molecule has 3 rings (SSSR count). The van der Waals surface area contributed by atoms with Crippen LogP contribution in [-0.2, 0) is 9.47 Å². The normalized spacial score (nSPS) is 23.7. The van der Waals surface area contributed by atoms with Crippen LogP contribution >= 0.6 is 0 Å².